The minimum atomic E-state index is 0.697. The fourth-order valence-corrected chi connectivity index (χ4v) is 3.18. The van der Waals surface area contributed by atoms with Gasteiger partial charge in [0, 0.05) is 36.7 Å². The van der Waals surface area contributed by atoms with E-state index in [1.54, 1.807) is 0 Å². The van der Waals surface area contributed by atoms with Crippen LogP contribution in [0.5, 0.6) is 0 Å². The van der Waals surface area contributed by atoms with E-state index >= 15 is 0 Å². The van der Waals surface area contributed by atoms with Crippen LogP contribution in [-0.2, 0) is 6.42 Å². The highest BCUT2D eigenvalue weighted by Gasteiger charge is 2.18. The Hall–Kier alpha value is -0.380. The van der Waals surface area contributed by atoms with Gasteiger partial charge in [0.2, 0.25) is 0 Å². The van der Waals surface area contributed by atoms with Crippen LogP contribution in [-0.4, -0.2) is 48.6 Å². The lowest BCUT2D eigenvalue weighted by atomic mass is 10.1. The Morgan fingerprint density at radius 2 is 1.79 bits per heavy atom. The second-order valence-electron chi connectivity index (χ2n) is 5.67. The van der Waals surface area contributed by atoms with Gasteiger partial charge in [-0.3, -0.25) is 4.90 Å². The minimum absolute atomic E-state index is 0.697. The summed E-state index contributed by atoms with van der Waals surface area (Å²) in [5, 5.41) is 0. The first kappa shape index (κ1) is 15.0. The maximum absolute atomic E-state index is 3.63. The minimum Gasteiger partial charge on any atom is -0.301 e. The molecule has 1 aromatic rings. The quantitative estimate of drug-likeness (QED) is 0.819. The number of aryl methyl sites for hydroxylation is 1. The van der Waals surface area contributed by atoms with Crippen molar-refractivity contribution in [3.05, 3.63) is 34.3 Å². The third-order valence-electron chi connectivity index (χ3n) is 4.02. The largest absolute Gasteiger partial charge is 0.301 e. The van der Waals surface area contributed by atoms with E-state index in [1.165, 1.54) is 55.6 Å². The van der Waals surface area contributed by atoms with Crippen molar-refractivity contribution < 1.29 is 0 Å². The summed E-state index contributed by atoms with van der Waals surface area (Å²) in [4.78, 5) is 5.18. The molecule has 0 N–H and O–H groups in total. The molecule has 1 fully saturated rings. The number of piperazine rings is 1. The summed E-state index contributed by atoms with van der Waals surface area (Å²) >= 11 is 3.63. The maximum atomic E-state index is 3.63. The Bertz CT molecular complexity index is 384. The predicted octanol–water partition coefficient (Wildman–Crippen LogP) is 3.41. The molecule has 0 saturated carbocycles. The molecular formula is C16H25BrN2. The summed E-state index contributed by atoms with van der Waals surface area (Å²) in [6.45, 7) is 10.7. The Kier molecular flexibility index (Phi) is 5.86. The molecule has 106 valence electrons. The molecule has 2 nitrogen and oxygen atoms in total. The topological polar surface area (TPSA) is 6.48 Å². The van der Waals surface area contributed by atoms with Gasteiger partial charge in [-0.2, -0.15) is 0 Å². The molecule has 0 radical (unpaired) electrons. The van der Waals surface area contributed by atoms with Gasteiger partial charge in [-0.25, -0.2) is 0 Å². The van der Waals surface area contributed by atoms with Crippen molar-refractivity contribution in [3.63, 3.8) is 0 Å². The molecule has 19 heavy (non-hydrogen) atoms. The van der Waals surface area contributed by atoms with Crippen LogP contribution in [0.2, 0.25) is 0 Å². The van der Waals surface area contributed by atoms with Crippen molar-refractivity contribution >= 4 is 15.9 Å². The highest BCUT2D eigenvalue weighted by atomic mass is 79.9. The third-order valence-corrected chi connectivity index (χ3v) is 4.79. The normalized spacial score (nSPS) is 18.1. The van der Waals surface area contributed by atoms with E-state index in [0.29, 0.717) is 6.04 Å². The highest BCUT2D eigenvalue weighted by Crippen LogP contribution is 2.17. The van der Waals surface area contributed by atoms with Crippen LogP contribution in [0.1, 0.15) is 25.8 Å². The molecule has 0 unspecified atom stereocenters. The highest BCUT2D eigenvalue weighted by molar-refractivity contribution is 9.10. The van der Waals surface area contributed by atoms with Crippen LogP contribution >= 0.6 is 15.9 Å². The van der Waals surface area contributed by atoms with Crippen LogP contribution in [0.25, 0.3) is 0 Å². The molecule has 0 amide bonds. The first-order valence-corrected chi connectivity index (χ1v) is 8.16. The molecular weight excluding hydrogens is 300 g/mol. The number of rotatable bonds is 5. The molecule has 0 aliphatic carbocycles. The van der Waals surface area contributed by atoms with Crippen LogP contribution in [0.3, 0.4) is 0 Å². The van der Waals surface area contributed by atoms with Crippen molar-refractivity contribution in [2.24, 2.45) is 0 Å². The number of hydrogen-bond acceptors (Lipinski definition) is 2. The van der Waals surface area contributed by atoms with Gasteiger partial charge >= 0.3 is 0 Å². The lowest BCUT2D eigenvalue weighted by Gasteiger charge is -2.36. The SMILES string of the molecule is CC(C)N1CCN(CCCc2ccccc2Br)CC1. The van der Waals surface area contributed by atoms with Crippen molar-refractivity contribution in [1.82, 2.24) is 9.80 Å². The average Bonchev–Trinajstić information content (AvgIpc) is 2.41. The van der Waals surface area contributed by atoms with Gasteiger partial charge in [-0.1, -0.05) is 34.1 Å². The summed E-state index contributed by atoms with van der Waals surface area (Å²) < 4.78 is 1.25. The van der Waals surface area contributed by atoms with E-state index in [1.807, 2.05) is 0 Å². The first-order chi connectivity index (χ1) is 9.16. The van der Waals surface area contributed by atoms with Crippen LogP contribution in [0, 0.1) is 0 Å². The molecule has 1 aliphatic rings. The molecule has 1 heterocycles. The fraction of sp³-hybridized carbons (Fsp3) is 0.625. The maximum Gasteiger partial charge on any atom is 0.0207 e. The number of halogens is 1. The molecule has 0 spiro atoms. The lowest BCUT2D eigenvalue weighted by Crippen LogP contribution is -2.48. The molecule has 0 aromatic heterocycles. The number of hydrogen-bond donors (Lipinski definition) is 0. The van der Waals surface area contributed by atoms with Crippen molar-refractivity contribution in [3.8, 4) is 0 Å². The molecule has 0 bridgehead atoms. The Morgan fingerprint density at radius 1 is 1.11 bits per heavy atom. The van der Waals surface area contributed by atoms with Crippen molar-refractivity contribution in [2.45, 2.75) is 32.7 Å². The summed E-state index contributed by atoms with van der Waals surface area (Å²) in [7, 11) is 0. The molecule has 3 heteroatoms. The monoisotopic (exact) mass is 324 g/mol. The fourth-order valence-electron chi connectivity index (χ4n) is 2.70. The van der Waals surface area contributed by atoms with Crippen LogP contribution < -0.4 is 0 Å². The van der Waals surface area contributed by atoms with Gasteiger partial charge in [-0.15, -0.1) is 0 Å². The molecule has 1 saturated heterocycles. The Morgan fingerprint density at radius 3 is 2.42 bits per heavy atom. The summed E-state index contributed by atoms with van der Waals surface area (Å²) in [5.74, 6) is 0. The summed E-state index contributed by atoms with van der Waals surface area (Å²) in [6.07, 6.45) is 2.43. The van der Waals surface area contributed by atoms with Gasteiger partial charge < -0.3 is 4.90 Å². The van der Waals surface area contributed by atoms with E-state index in [4.69, 9.17) is 0 Å². The third kappa shape index (κ3) is 4.59. The number of nitrogens with zero attached hydrogens (tertiary/aromatic N) is 2. The standard InChI is InChI=1S/C16H25BrN2/c1-14(2)19-12-10-18(11-13-19)9-5-7-15-6-3-4-8-16(15)17/h3-4,6,8,14H,5,7,9-13H2,1-2H3. The van der Waals surface area contributed by atoms with Gasteiger partial charge in [0.1, 0.15) is 0 Å². The zero-order valence-corrected chi connectivity index (χ0v) is 13.7. The zero-order chi connectivity index (χ0) is 13.7. The first-order valence-electron chi connectivity index (χ1n) is 7.36. The van der Waals surface area contributed by atoms with E-state index in [9.17, 15) is 0 Å². The van der Waals surface area contributed by atoms with E-state index < -0.39 is 0 Å². The van der Waals surface area contributed by atoms with E-state index in [-0.39, 0.29) is 0 Å². The molecule has 0 atom stereocenters. The lowest BCUT2D eigenvalue weighted by molar-refractivity contribution is 0.108. The van der Waals surface area contributed by atoms with E-state index in [0.717, 1.165) is 0 Å². The second kappa shape index (κ2) is 7.41. The van der Waals surface area contributed by atoms with Gasteiger partial charge in [0.05, 0.1) is 0 Å². The molecule has 1 aliphatic heterocycles. The van der Waals surface area contributed by atoms with Gasteiger partial charge in [-0.05, 0) is 44.9 Å². The summed E-state index contributed by atoms with van der Waals surface area (Å²) in [5.41, 5.74) is 1.43. The van der Waals surface area contributed by atoms with E-state index in [2.05, 4.69) is 63.8 Å². The number of benzene rings is 1. The van der Waals surface area contributed by atoms with Gasteiger partial charge in [0.25, 0.3) is 0 Å². The van der Waals surface area contributed by atoms with Gasteiger partial charge in [0.15, 0.2) is 0 Å². The Balaban J connectivity index is 1.69. The van der Waals surface area contributed by atoms with Crippen LogP contribution in [0.15, 0.2) is 28.7 Å². The smallest absolute Gasteiger partial charge is 0.0207 e. The molecule has 2 rings (SSSR count). The average molecular weight is 325 g/mol. The molecule has 1 aromatic carbocycles. The Labute approximate surface area is 125 Å². The zero-order valence-electron chi connectivity index (χ0n) is 12.1. The van der Waals surface area contributed by atoms with Crippen molar-refractivity contribution in [1.29, 1.82) is 0 Å². The second-order valence-corrected chi connectivity index (χ2v) is 6.52. The predicted molar refractivity (Wildman–Crippen MR) is 85.6 cm³/mol. The van der Waals surface area contributed by atoms with Crippen LogP contribution in [0.4, 0.5) is 0 Å². The van der Waals surface area contributed by atoms with Crippen molar-refractivity contribution in [2.75, 3.05) is 32.7 Å². The summed E-state index contributed by atoms with van der Waals surface area (Å²) in [6, 6.07) is 9.26.